The number of nitrogens with one attached hydrogen (secondary N) is 1. The van der Waals surface area contributed by atoms with E-state index in [0.29, 0.717) is 6.54 Å². The van der Waals surface area contributed by atoms with Gasteiger partial charge in [0.25, 0.3) is 0 Å². The maximum atomic E-state index is 4.40. The second-order valence-corrected chi connectivity index (χ2v) is 7.08. The fraction of sp³-hybridized carbons (Fsp3) is 0.150. The monoisotopic (exact) mass is 407 g/mol. The molecular formula is C20H18BrN5. The van der Waals surface area contributed by atoms with E-state index in [0.717, 1.165) is 33.6 Å². The number of hydrogen-bond acceptors (Lipinski definition) is 4. The summed E-state index contributed by atoms with van der Waals surface area (Å²) in [6, 6.07) is 14.6. The van der Waals surface area contributed by atoms with Gasteiger partial charge in [-0.1, -0.05) is 40.2 Å². The Kier molecular flexibility index (Phi) is 4.67. The number of hydrogen-bond donors (Lipinski definition) is 1. The Bertz CT molecular complexity index is 1060. The molecule has 2 heterocycles. The first-order valence-corrected chi connectivity index (χ1v) is 9.18. The molecule has 0 saturated heterocycles. The van der Waals surface area contributed by atoms with Crippen molar-refractivity contribution in [2.75, 3.05) is 5.32 Å². The molecule has 4 rings (SSSR count). The van der Waals surface area contributed by atoms with Crippen LogP contribution >= 0.6 is 15.9 Å². The van der Waals surface area contributed by atoms with Crippen molar-refractivity contribution >= 4 is 32.7 Å². The molecule has 2 aromatic carbocycles. The minimum absolute atomic E-state index is 0.704. The van der Waals surface area contributed by atoms with Gasteiger partial charge in [-0.2, -0.15) is 0 Å². The van der Waals surface area contributed by atoms with Crippen LogP contribution in [0.5, 0.6) is 0 Å². The molecule has 0 unspecified atom stereocenters. The number of rotatable bonds is 5. The third kappa shape index (κ3) is 3.60. The van der Waals surface area contributed by atoms with Crippen LogP contribution in [-0.4, -0.2) is 19.5 Å². The number of aromatic nitrogens is 4. The lowest BCUT2D eigenvalue weighted by molar-refractivity contribution is 0.760. The van der Waals surface area contributed by atoms with Gasteiger partial charge in [0.1, 0.15) is 18.0 Å². The number of fused-ring (bicyclic) bond motifs is 1. The van der Waals surface area contributed by atoms with Crippen molar-refractivity contribution in [2.45, 2.75) is 20.0 Å². The number of anilines is 1. The van der Waals surface area contributed by atoms with E-state index in [1.54, 1.807) is 6.33 Å². The van der Waals surface area contributed by atoms with E-state index in [2.05, 4.69) is 65.0 Å². The Balaban J connectivity index is 1.53. The molecule has 1 N–H and O–H groups in total. The zero-order chi connectivity index (χ0) is 17.9. The van der Waals surface area contributed by atoms with Crippen molar-refractivity contribution in [3.05, 3.63) is 82.6 Å². The van der Waals surface area contributed by atoms with E-state index in [4.69, 9.17) is 0 Å². The molecule has 0 aliphatic carbocycles. The van der Waals surface area contributed by atoms with Gasteiger partial charge >= 0.3 is 0 Å². The zero-order valence-electron chi connectivity index (χ0n) is 14.4. The molecule has 0 atom stereocenters. The predicted molar refractivity (Wildman–Crippen MR) is 107 cm³/mol. The van der Waals surface area contributed by atoms with Crippen LogP contribution in [0.2, 0.25) is 0 Å². The third-order valence-corrected chi connectivity index (χ3v) is 4.82. The van der Waals surface area contributed by atoms with Crippen molar-refractivity contribution < 1.29 is 0 Å². The quantitative estimate of drug-likeness (QED) is 0.526. The molecule has 0 fully saturated rings. The molecule has 0 bridgehead atoms. The van der Waals surface area contributed by atoms with E-state index < -0.39 is 0 Å². The topological polar surface area (TPSA) is 55.6 Å². The van der Waals surface area contributed by atoms with Gasteiger partial charge in [0, 0.05) is 35.3 Å². The number of halogens is 1. The molecule has 5 nitrogen and oxygen atoms in total. The van der Waals surface area contributed by atoms with Crippen LogP contribution in [0.3, 0.4) is 0 Å². The molecule has 0 aliphatic heterocycles. The van der Waals surface area contributed by atoms with Crippen LogP contribution in [0.15, 0.2) is 65.7 Å². The van der Waals surface area contributed by atoms with Crippen molar-refractivity contribution in [3.63, 3.8) is 0 Å². The van der Waals surface area contributed by atoms with E-state index in [-0.39, 0.29) is 0 Å². The zero-order valence-corrected chi connectivity index (χ0v) is 15.9. The highest BCUT2D eigenvalue weighted by Crippen LogP contribution is 2.23. The highest BCUT2D eigenvalue weighted by Gasteiger charge is 2.05. The molecule has 0 saturated carbocycles. The van der Waals surface area contributed by atoms with Crippen LogP contribution in [0.4, 0.5) is 5.82 Å². The van der Waals surface area contributed by atoms with Crippen molar-refractivity contribution in [2.24, 2.45) is 0 Å². The Morgan fingerprint density at radius 3 is 2.77 bits per heavy atom. The number of nitrogens with zero attached hydrogens (tertiary/aromatic N) is 4. The average molecular weight is 408 g/mol. The normalized spacial score (nSPS) is 11.0. The van der Waals surface area contributed by atoms with Crippen LogP contribution < -0.4 is 5.32 Å². The summed E-state index contributed by atoms with van der Waals surface area (Å²) in [6.45, 7) is 3.54. The maximum absolute atomic E-state index is 4.40. The molecule has 2 aromatic heterocycles. The first-order valence-electron chi connectivity index (χ1n) is 8.39. The molecule has 130 valence electrons. The lowest BCUT2D eigenvalue weighted by Gasteiger charge is -2.10. The van der Waals surface area contributed by atoms with E-state index in [9.17, 15) is 0 Å². The minimum atomic E-state index is 0.704. The fourth-order valence-corrected chi connectivity index (χ4v) is 3.32. The highest BCUT2D eigenvalue weighted by molar-refractivity contribution is 9.10. The molecule has 6 heteroatoms. The van der Waals surface area contributed by atoms with Crippen LogP contribution in [-0.2, 0) is 13.1 Å². The first-order chi connectivity index (χ1) is 12.7. The van der Waals surface area contributed by atoms with Gasteiger partial charge in [-0.25, -0.2) is 15.0 Å². The van der Waals surface area contributed by atoms with Crippen LogP contribution in [0.1, 0.15) is 17.0 Å². The Hall–Kier alpha value is -2.73. The predicted octanol–water partition coefficient (Wildman–Crippen LogP) is 4.56. The Morgan fingerprint density at radius 2 is 1.92 bits per heavy atom. The second-order valence-electron chi connectivity index (χ2n) is 6.16. The number of benzene rings is 2. The standard InChI is InChI=1S/C20H18BrN5/c1-14-22-7-8-26(14)12-16-4-2-3-15(9-16)11-23-20-18-10-17(21)5-6-19(18)24-13-25-20/h2-10,13H,11-12H2,1H3,(H,23,24,25). The summed E-state index contributed by atoms with van der Waals surface area (Å²) >= 11 is 3.52. The highest BCUT2D eigenvalue weighted by atomic mass is 79.9. The second kappa shape index (κ2) is 7.25. The van der Waals surface area contributed by atoms with Crippen LogP contribution in [0.25, 0.3) is 10.9 Å². The summed E-state index contributed by atoms with van der Waals surface area (Å²) in [6.07, 6.45) is 5.43. The Labute approximate surface area is 160 Å². The van der Waals surface area contributed by atoms with Crippen molar-refractivity contribution in [1.29, 1.82) is 0 Å². The van der Waals surface area contributed by atoms with Crippen molar-refractivity contribution in [1.82, 2.24) is 19.5 Å². The summed E-state index contributed by atoms with van der Waals surface area (Å²) in [5.41, 5.74) is 3.39. The third-order valence-electron chi connectivity index (χ3n) is 4.33. The molecule has 0 aliphatic rings. The lowest BCUT2D eigenvalue weighted by Crippen LogP contribution is -2.05. The molecule has 0 amide bonds. The van der Waals surface area contributed by atoms with Gasteiger partial charge in [0.15, 0.2) is 0 Å². The summed E-state index contributed by atoms with van der Waals surface area (Å²) in [7, 11) is 0. The lowest BCUT2D eigenvalue weighted by atomic mass is 10.1. The smallest absolute Gasteiger partial charge is 0.137 e. The van der Waals surface area contributed by atoms with E-state index >= 15 is 0 Å². The van der Waals surface area contributed by atoms with Gasteiger partial charge < -0.3 is 9.88 Å². The Morgan fingerprint density at radius 1 is 1.04 bits per heavy atom. The van der Waals surface area contributed by atoms with Crippen LogP contribution in [0, 0.1) is 6.92 Å². The molecular weight excluding hydrogens is 390 g/mol. The number of imidazole rings is 1. The minimum Gasteiger partial charge on any atom is -0.365 e. The largest absolute Gasteiger partial charge is 0.365 e. The summed E-state index contributed by atoms with van der Waals surface area (Å²) in [4.78, 5) is 13.0. The van der Waals surface area contributed by atoms with Gasteiger partial charge in [-0.3, -0.25) is 0 Å². The average Bonchev–Trinajstić information content (AvgIpc) is 3.05. The van der Waals surface area contributed by atoms with Gasteiger partial charge in [0.2, 0.25) is 0 Å². The summed E-state index contributed by atoms with van der Waals surface area (Å²) in [5, 5.41) is 4.44. The summed E-state index contributed by atoms with van der Waals surface area (Å²) < 4.78 is 3.16. The summed E-state index contributed by atoms with van der Waals surface area (Å²) in [5.74, 6) is 1.86. The first kappa shape index (κ1) is 16.7. The van der Waals surface area contributed by atoms with Gasteiger partial charge in [0.05, 0.1) is 5.52 Å². The molecule has 4 aromatic rings. The van der Waals surface area contributed by atoms with Gasteiger partial charge in [-0.15, -0.1) is 0 Å². The SMILES string of the molecule is Cc1nccn1Cc1cccc(CNc2ncnc3ccc(Br)cc23)c1. The molecule has 26 heavy (non-hydrogen) atoms. The maximum Gasteiger partial charge on any atom is 0.137 e. The van der Waals surface area contributed by atoms with E-state index in [1.807, 2.05) is 37.5 Å². The molecule has 0 spiro atoms. The van der Waals surface area contributed by atoms with Gasteiger partial charge in [-0.05, 0) is 36.2 Å². The fourth-order valence-electron chi connectivity index (χ4n) is 2.96. The van der Waals surface area contributed by atoms with E-state index in [1.165, 1.54) is 11.1 Å². The molecule has 0 radical (unpaired) electrons. The van der Waals surface area contributed by atoms with Crippen molar-refractivity contribution in [3.8, 4) is 0 Å². The number of aryl methyl sites for hydroxylation is 1.